The van der Waals surface area contributed by atoms with E-state index in [4.69, 9.17) is 0 Å². The number of carbonyl (C=O) groups excluding carboxylic acids is 5. The van der Waals surface area contributed by atoms with Crippen molar-refractivity contribution in [3.63, 3.8) is 0 Å². The minimum Gasteiger partial charge on any atom is -0.356 e. The molecule has 36 heavy (non-hydrogen) atoms. The average molecular weight is 517 g/mol. The van der Waals surface area contributed by atoms with Gasteiger partial charge >= 0.3 is 12.1 Å². The molecule has 0 spiro atoms. The summed E-state index contributed by atoms with van der Waals surface area (Å²) in [5, 5.41) is 7.19. The van der Waals surface area contributed by atoms with Crippen molar-refractivity contribution in [3.05, 3.63) is 0 Å². The molecular formula is C24H35F3N4O5. The number of hydrogen-bond acceptors (Lipinski definition) is 5. The number of amides is 4. The van der Waals surface area contributed by atoms with Gasteiger partial charge in [0.1, 0.15) is 18.4 Å². The van der Waals surface area contributed by atoms with Crippen molar-refractivity contribution in [3.8, 4) is 0 Å². The van der Waals surface area contributed by atoms with Crippen LogP contribution in [0.4, 0.5) is 13.2 Å². The number of rotatable bonds is 7. The first-order valence-corrected chi connectivity index (χ1v) is 12.2. The highest BCUT2D eigenvalue weighted by atomic mass is 19.4. The molecule has 1 saturated carbocycles. The molecular weight excluding hydrogens is 481 g/mol. The normalized spacial score (nSPS) is 28.9. The summed E-state index contributed by atoms with van der Waals surface area (Å²) >= 11 is 0. The van der Waals surface area contributed by atoms with Crippen LogP contribution in [0.15, 0.2) is 0 Å². The number of aldehydes is 1. The highest BCUT2D eigenvalue weighted by Gasteiger charge is 2.70. The summed E-state index contributed by atoms with van der Waals surface area (Å²) in [7, 11) is 0. The number of halogens is 3. The van der Waals surface area contributed by atoms with Crippen LogP contribution in [0.2, 0.25) is 0 Å². The standard InChI is InChI=1S/C24H35F3N4O5/c1-22(2,3)17(30-21(36)24(25,26)27)20(35)31-10-14-15(23(14,4)5)16(31)19(34)29-13(11-32)9-12-7-6-8-28-18(12)33/h11-17H,6-10H2,1-5H3,(H,28,33)(H,29,34)(H,30,36)/t12-,13-,14-,15-,16-,17+/m0/s1. The zero-order valence-corrected chi connectivity index (χ0v) is 21.2. The molecule has 3 aliphatic rings. The van der Waals surface area contributed by atoms with Gasteiger partial charge in [-0.05, 0) is 41.9 Å². The van der Waals surface area contributed by atoms with Crippen molar-refractivity contribution in [2.24, 2.45) is 28.6 Å². The Balaban J connectivity index is 1.80. The first-order chi connectivity index (χ1) is 16.5. The van der Waals surface area contributed by atoms with Gasteiger partial charge in [-0.3, -0.25) is 19.2 Å². The Labute approximate surface area is 208 Å². The van der Waals surface area contributed by atoms with Crippen LogP contribution in [-0.4, -0.2) is 72.2 Å². The number of piperidine rings is 2. The van der Waals surface area contributed by atoms with Crippen LogP contribution in [0.25, 0.3) is 0 Å². The van der Waals surface area contributed by atoms with E-state index >= 15 is 0 Å². The maximum absolute atomic E-state index is 13.5. The molecule has 0 aromatic heterocycles. The molecule has 12 heteroatoms. The lowest BCUT2D eigenvalue weighted by Crippen LogP contribution is -2.61. The number of hydrogen-bond donors (Lipinski definition) is 3. The van der Waals surface area contributed by atoms with E-state index in [1.54, 1.807) is 5.32 Å². The predicted molar refractivity (Wildman–Crippen MR) is 122 cm³/mol. The molecule has 2 saturated heterocycles. The third kappa shape index (κ3) is 5.51. The van der Waals surface area contributed by atoms with Crippen molar-refractivity contribution in [1.29, 1.82) is 0 Å². The van der Waals surface area contributed by atoms with Crippen molar-refractivity contribution in [2.75, 3.05) is 13.1 Å². The number of fused-ring (bicyclic) bond motifs is 1. The van der Waals surface area contributed by atoms with E-state index in [-0.39, 0.29) is 36.1 Å². The Kier molecular flexibility index (Phi) is 7.49. The Morgan fingerprint density at radius 1 is 1.19 bits per heavy atom. The quantitative estimate of drug-likeness (QED) is 0.438. The molecule has 9 nitrogen and oxygen atoms in total. The van der Waals surface area contributed by atoms with Gasteiger partial charge in [-0.2, -0.15) is 13.2 Å². The van der Waals surface area contributed by atoms with E-state index in [2.05, 4.69) is 10.6 Å². The van der Waals surface area contributed by atoms with Crippen molar-refractivity contribution < 1.29 is 37.1 Å². The van der Waals surface area contributed by atoms with Crippen LogP contribution < -0.4 is 16.0 Å². The predicted octanol–water partition coefficient (Wildman–Crippen LogP) is 1.16. The second-order valence-electron chi connectivity index (χ2n) is 11.8. The van der Waals surface area contributed by atoms with Gasteiger partial charge in [0, 0.05) is 19.0 Å². The van der Waals surface area contributed by atoms with Crippen LogP contribution in [0, 0.1) is 28.6 Å². The molecule has 0 radical (unpaired) electrons. The Bertz CT molecular complexity index is 930. The molecule has 6 atom stereocenters. The van der Waals surface area contributed by atoms with E-state index in [0.29, 0.717) is 19.3 Å². The second kappa shape index (κ2) is 9.66. The summed E-state index contributed by atoms with van der Waals surface area (Å²) < 4.78 is 38.9. The van der Waals surface area contributed by atoms with Gasteiger partial charge < -0.3 is 25.6 Å². The SMILES string of the molecule is CC(C)(C)[C@H](NC(=O)C(F)(F)F)C(=O)N1C[C@H]2[C@@H]([C@H]1C(=O)N[C@H](C=O)C[C@@H]1CCCNC1=O)C2(C)C. The fourth-order valence-electron chi connectivity index (χ4n) is 5.62. The van der Waals surface area contributed by atoms with Gasteiger partial charge in [0.2, 0.25) is 17.7 Å². The van der Waals surface area contributed by atoms with Crippen molar-refractivity contribution in [1.82, 2.24) is 20.9 Å². The number of alkyl halides is 3. The minimum absolute atomic E-state index is 0.0464. The van der Waals surface area contributed by atoms with E-state index in [9.17, 15) is 37.1 Å². The smallest absolute Gasteiger partial charge is 0.356 e. The van der Waals surface area contributed by atoms with Crippen LogP contribution in [0.3, 0.4) is 0 Å². The second-order valence-corrected chi connectivity index (χ2v) is 11.8. The average Bonchev–Trinajstić information content (AvgIpc) is 3.09. The molecule has 0 aromatic carbocycles. The summed E-state index contributed by atoms with van der Waals surface area (Å²) in [5.41, 5.74) is -1.34. The Hall–Kier alpha value is -2.66. The fourth-order valence-corrected chi connectivity index (χ4v) is 5.62. The first-order valence-electron chi connectivity index (χ1n) is 12.2. The molecule has 3 fully saturated rings. The number of nitrogens with one attached hydrogen (secondary N) is 3. The molecule has 3 N–H and O–H groups in total. The highest BCUT2D eigenvalue weighted by molar-refractivity contribution is 5.95. The van der Waals surface area contributed by atoms with Crippen LogP contribution in [-0.2, 0) is 24.0 Å². The largest absolute Gasteiger partial charge is 0.471 e. The van der Waals surface area contributed by atoms with Gasteiger partial charge in [-0.15, -0.1) is 0 Å². The van der Waals surface area contributed by atoms with Gasteiger partial charge in [-0.25, -0.2) is 0 Å². The molecule has 0 bridgehead atoms. The summed E-state index contributed by atoms with van der Waals surface area (Å²) in [6, 6.07) is -3.48. The molecule has 0 aromatic rings. The third-order valence-corrected chi connectivity index (χ3v) is 7.84. The monoisotopic (exact) mass is 516 g/mol. The Morgan fingerprint density at radius 3 is 2.36 bits per heavy atom. The lowest BCUT2D eigenvalue weighted by molar-refractivity contribution is -0.176. The van der Waals surface area contributed by atoms with Crippen LogP contribution in [0.5, 0.6) is 0 Å². The van der Waals surface area contributed by atoms with Crippen molar-refractivity contribution >= 4 is 29.9 Å². The zero-order valence-electron chi connectivity index (χ0n) is 21.2. The lowest BCUT2D eigenvalue weighted by Gasteiger charge is -2.38. The Morgan fingerprint density at radius 2 is 1.83 bits per heavy atom. The zero-order chi connectivity index (χ0) is 27.2. The number of carbonyl (C=O) groups is 5. The van der Waals surface area contributed by atoms with E-state index in [1.807, 2.05) is 13.8 Å². The fraction of sp³-hybridized carbons (Fsp3) is 0.792. The summed E-state index contributed by atoms with van der Waals surface area (Å²) in [5.74, 6) is -4.50. The van der Waals surface area contributed by atoms with Gasteiger partial charge in [0.05, 0.1) is 6.04 Å². The first kappa shape index (κ1) is 27.9. The number of nitrogens with zero attached hydrogens (tertiary/aromatic N) is 1. The molecule has 202 valence electrons. The lowest BCUT2D eigenvalue weighted by atomic mass is 9.85. The topological polar surface area (TPSA) is 125 Å². The number of likely N-dealkylation sites (tertiary alicyclic amines) is 1. The van der Waals surface area contributed by atoms with E-state index in [0.717, 1.165) is 6.42 Å². The van der Waals surface area contributed by atoms with Crippen molar-refractivity contribution in [2.45, 2.75) is 78.2 Å². The molecule has 2 heterocycles. The maximum Gasteiger partial charge on any atom is 0.471 e. The third-order valence-electron chi connectivity index (χ3n) is 7.84. The van der Waals surface area contributed by atoms with Gasteiger partial charge in [0.15, 0.2) is 0 Å². The minimum atomic E-state index is -5.17. The van der Waals surface area contributed by atoms with Crippen LogP contribution in [0.1, 0.15) is 53.9 Å². The summed E-state index contributed by atoms with van der Waals surface area (Å²) in [6.07, 6.45) is -3.15. The highest BCUT2D eigenvalue weighted by Crippen LogP contribution is 2.65. The summed E-state index contributed by atoms with van der Waals surface area (Å²) in [6.45, 7) is 9.19. The maximum atomic E-state index is 13.5. The van der Waals surface area contributed by atoms with E-state index < -0.39 is 53.4 Å². The molecule has 2 aliphatic heterocycles. The molecule has 0 unspecified atom stereocenters. The molecule has 3 rings (SSSR count). The molecule has 1 aliphatic carbocycles. The van der Waals surface area contributed by atoms with Gasteiger partial charge in [0.25, 0.3) is 0 Å². The van der Waals surface area contributed by atoms with Crippen LogP contribution >= 0.6 is 0 Å². The summed E-state index contributed by atoms with van der Waals surface area (Å²) in [4.78, 5) is 63.6. The molecule has 4 amide bonds. The van der Waals surface area contributed by atoms with E-state index in [1.165, 1.54) is 25.7 Å². The van der Waals surface area contributed by atoms with Gasteiger partial charge in [-0.1, -0.05) is 34.6 Å².